The maximum atomic E-state index is 11.7. The molecule has 0 atom stereocenters. The van der Waals surface area contributed by atoms with Crippen molar-refractivity contribution in [3.63, 3.8) is 0 Å². The van der Waals surface area contributed by atoms with Gasteiger partial charge < -0.3 is 14.8 Å². The molecule has 0 saturated heterocycles. The third kappa shape index (κ3) is 4.54. The van der Waals surface area contributed by atoms with E-state index in [0.29, 0.717) is 5.69 Å². The van der Waals surface area contributed by atoms with Crippen LogP contribution < -0.4 is 10.1 Å². The first-order valence-electron chi connectivity index (χ1n) is 8.80. The molecule has 2 aromatic carbocycles. The molecule has 0 spiro atoms. The molecule has 0 bridgehead atoms. The molecule has 3 rings (SSSR count). The van der Waals surface area contributed by atoms with Crippen molar-refractivity contribution in [2.45, 2.75) is 6.92 Å². The first-order valence-corrected chi connectivity index (χ1v) is 8.80. The van der Waals surface area contributed by atoms with Crippen LogP contribution in [-0.4, -0.2) is 30.6 Å². The Kier molecular flexibility index (Phi) is 6.01. The highest BCUT2D eigenvalue weighted by molar-refractivity contribution is 6.37. The average Bonchev–Trinajstić information content (AvgIpc) is 2.74. The Morgan fingerprint density at radius 3 is 2.29 bits per heavy atom. The Morgan fingerprint density at radius 1 is 0.929 bits per heavy atom. The number of amides is 1. The van der Waals surface area contributed by atoms with Crippen LogP contribution in [0.3, 0.4) is 0 Å². The van der Waals surface area contributed by atoms with Crippen molar-refractivity contribution in [3.8, 4) is 28.3 Å². The van der Waals surface area contributed by atoms with Crippen molar-refractivity contribution in [1.82, 2.24) is 4.98 Å². The van der Waals surface area contributed by atoms with Gasteiger partial charge in [0.25, 0.3) is 0 Å². The van der Waals surface area contributed by atoms with Gasteiger partial charge >= 0.3 is 11.9 Å². The fraction of sp³-hybridized carbons (Fsp3) is 0.136. The monoisotopic (exact) mass is 376 g/mol. The average molecular weight is 376 g/mol. The van der Waals surface area contributed by atoms with Crippen LogP contribution in [0.2, 0.25) is 0 Å². The molecule has 0 saturated carbocycles. The fourth-order valence-corrected chi connectivity index (χ4v) is 2.64. The van der Waals surface area contributed by atoms with E-state index in [0.717, 1.165) is 28.3 Å². The van der Waals surface area contributed by atoms with Crippen molar-refractivity contribution in [1.29, 1.82) is 0 Å². The molecule has 142 valence electrons. The van der Waals surface area contributed by atoms with Gasteiger partial charge in [-0.1, -0.05) is 30.3 Å². The van der Waals surface area contributed by atoms with E-state index >= 15 is 0 Å². The summed E-state index contributed by atoms with van der Waals surface area (Å²) in [5, 5.41) is 2.51. The summed E-state index contributed by atoms with van der Waals surface area (Å²) in [6, 6.07) is 20.6. The topological polar surface area (TPSA) is 77.5 Å². The lowest BCUT2D eigenvalue weighted by Gasteiger charge is -2.08. The van der Waals surface area contributed by atoms with Crippen LogP contribution in [0.5, 0.6) is 5.75 Å². The molecule has 0 fully saturated rings. The molecular weight excluding hydrogens is 356 g/mol. The predicted molar refractivity (Wildman–Crippen MR) is 107 cm³/mol. The zero-order valence-electron chi connectivity index (χ0n) is 15.6. The van der Waals surface area contributed by atoms with Crippen molar-refractivity contribution in [3.05, 3.63) is 66.7 Å². The third-order valence-electron chi connectivity index (χ3n) is 4.01. The van der Waals surface area contributed by atoms with E-state index in [1.54, 1.807) is 26.2 Å². The summed E-state index contributed by atoms with van der Waals surface area (Å²) in [7, 11) is 1.63. The molecule has 0 unspecified atom stereocenters. The van der Waals surface area contributed by atoms with E-state index < -0.39 is 11.9 Å². The quantitative estimate of drug-likeness (QED) is 0.539. The second-order valence-electron chi connectivity index (χ2n) is 5.89. The van der Waals surface area contributed by atoms with Gasteiger partial charge in [-0.15, -0.1) is 0 Å². The number of nitrogens with one attached hydrogen (secondary N) is 1. The number of hydrogen-bond donors (Lipinski definition) is 1. The number of carbonyl (C=O) groups excluding carboxylic acids is 2. The smallest absolute Gasteiger partial charge is 0.397 e. The van der Waals surface area contributed by atoms with Gasteiger partial charge in [-0.2, -0.15) is 0 Å². The van der Waals surface area contributed by atoms with Gasteiger partial charge in [0.1, 0.15) is 5.75 Å². The molecule has 3 aromatic rings. The second kappa shape index (κ2) is 8.81. The molecule has 0 aliphatic heterocycles. The van der Waals surface area contributed by atoms with Crippen LogP contribution >= 0.6 is 0 Å². The number of carbonyl (C=O) groups is 2. The van der Waals surface area contributed by atoms with Gasteiger partial charge in [0.05, 0.1) is 25.1 Å². The van der Waals surface area contributed by atoms with Gasteiger partial charge in [0.2, 0.25) is 0 Å². The zero-order chi connectivity index (χ0) is 19.9. The normalized spacial score (nSPS) is 10.2. The Morgan fingerprint density at radius 2 is 1.61 bits per heavy atom. The minimum Gasteiger partial charge on any atom is -0.497 e. The minimum absolute atomic E-state index is 0.153. The van der Waals surface area contributed by atoms with Gasteiger partial charge in [-0.05, 0) is 43.3 Å². The second-order valence-corrected chi connectivity index (χ2v) is 5.89. The molecular formula is C22H20N2O4. The van der Waals surface area contributed by atoms with E-state index in [9.17, 15) is 9.59 Å². The van der Waals surface area contributed by atoms with Crippen LogP contribution in [0, 0.1) is 0 Å². The zero-order valence-corrected chi connectivity index (χ0v) is 15.6. The number of benzene rings is 2. The first-order chi connectivity index (χ1) is 13.6. The summed E-state index contributed by atoms with van der Waals surface area (Å²) >= 11 is 0. The number of aromatic nitrogens is 1. The summed E-state index contributed by atoms with van der Waals surface area (Å²) in [5.41, 5.74) is 3.98. The summed E-state index contributed by atoms with van der Waals surface area (Å²) < 4.78 is 9.94. The third-order valence-corrected chi connectivity index (χ3v) is 4.01. The summed E-state index contributed by atoms with van der Waals surface area (Å²) in [6.07, 6.45) is 0. The van der Waals surface area contributed by atoms with Gasteiger partial charge in [0.15, 0.2) is 0 Å². The maximum absolute atomic E-state index is 11.7. The molecule has 28 heavy (non-hydrogen) atoms. The Labute approximate surface area is 163 Å². The molecule has 0 aliphatic rings. The number of ether oxygens (including phenoxy) is 2. The minimum atomic E-state index is -0.903. The maximum Gasteiger partial charge on any atom is 0.397 e. The van der Waals surface area contributed by atoms with Crippen LogP contribution in [-0.2, 0) is 14.3 Å². The van der Waals surface area contributed by atoms with Gasteiger partial charge in [-0.3, -0.25) is 4.79 Å². The highest BCUT2D eigenvalue weighted by atomic mass is 16.5. The molecule has 6 nitrogen and oxygen atoms in total. The number of esters is 1. The highest BCUT2D eigenvalue weighted by Gasteiger charge is 2.14. The summed E-state index contributed by atoms with van der Waals surface area (Å²) in [6.45, 7) is 1.80. The van der Waals surface area contributed by atoms with Crippen molar-refractivity contribution in [2.24, 2.45) is 0 Å². The number of rotatable bonds is 5. The van der Waals surface area contributed by atoms with E-state index in [2.05, 4.69) is 10.1 Å². The molecule has 1 aromatic heterocycles. The SMILES string of the molecule is CCOC(=O)C(=O)Nc1ccc(-c2cccc(-c3cccc(OC)c3)n2)cc1. The van der Waals surface area contributed by atoms with Crippen LogP contribution in [0.15, 0.2) is 66.7 Å². The van der Waals surface area contributed by atoms with Crippen LogP contribution in [0.25, 0.3) is 22.5 Å². The van der Waals surface area contributed by atoms with E-state index in [1.807, 2.05) is 54.6 Å². The lowest BCUT2D eigenvalue weighted by Crippen LogP contribution is -2.24. The number of anilines is 1. The van der Waals surface area contributed by atoms with Crippen LogP contribution in [0.4, 0.5) is 5.69 Å². The summed E-state index contributed by atoms with van der Waals surface area (Å²) in [5.74, 6) is -0.932. The molecule has 1 heterocycles. The van der Waals surface area contributed by atoms with E-state index in [1.165, 1.54) is 0 Å². The molecule has 1 amide bonds. The number of pyridine rings is 1. The summed E-state index contributed by atoms with van der Waals surface area (Å²) in [4.78, 5) is 27.8. The first kappa shape index (κ1) is 19.1. The highest BCUT2D eigenvalue weighted by Crippen LogP contribution is 2.26. The Balaban J connectivity index is 1.79. The molecule has 0 radical (unpaired) electrons. The fourth-order valence-electron chi connectivity index (χ4n) is 2.64. The van der Waals surface area contributed by atoms with Gasteiger partial charge in [0, 0.05) is 16.8 Å². The van der Waals surface area contributed by atoms with Gasteiger partial charge in [-0.25, -0.2) is 9.78 Å². The number of nitrogens with zero attached hydrogens (tertiary/aromatic N) is 1. The molecule has 0 aliphatic carbocycles. The van der Waals surface area contributed by atoms with Crippen molar-refractivity contribution < 1.29 is 19.1 Å². The number of methoxy groups -OCH3 is 1. The lowest BCUT2D eigenvalue weighted by atomic mass is 10.1. The van der Waals surface area contributed by atoms with E-state index in [-0.39, 0.29) is 6.61 Å². The molecule has 1 N–H and O–H groups in total. The van der Waals surface area contributed by atoms with Crippen molar-refractivity contribution in [2.75, 3.05) is 19.0 Å². The lowest BCUT2D eigenvalue weighted by molar-refractivity contribution is -0.152. The largest absolute Gasteiger partial charge is 0.497 e. The van der Waals surface area contributed by atoms with Crippen LogP contribution in [0.1, 0.15) is 6.92 Å². The number of hydrogen-bond acceptors (Lipinski definition) is 5. The van der Waals surface area contributed by atoms with E-state index in [4.69, 9.17) is 9.72 Å². The predicted octanol–water partition coefficient (Wildman–Crippen LogP) is 3.93. The standard InChI is InChI=1S/C22H20N2O4/c1-3-28-22(26)21(25)23-17-12-10-15(11-13-17)19-8-5-9-20(24-19)16-6-4-7-18(14-16)27-2/h4-14H,3H2,1-2H3,(H,23,25). The molecule has 6 heteroatoms. The van der Waals surface area contributed by atoms with Crippen molar-refractivity contribution >= 4 is 17.6 Å². The Hall–Kier alpha value is -3.67. The Bertz CT molecular complexity index is 984.